The molecule has 3 rings (SSSR count). The summed E-state index contributed by atoms with van der Waals surface area (Å²) in [4.78, 5) is 0. The second kappa shape index (κ2) is 4.76. The third-order valence-electron chi connectivity index (χ3n) is 4.46. The van der Waals surface area contributed by atoms with Crippen LogP contribution in [0.3, 0.4) is 0 Å². The first kappa shape index (κ1) is 13.4. The van der Waals surface area contributed by atoms with E-state index in [1.165, 1.54) is 0 Å². The van der Waals surface area contributed by atoms with Gasteiger partial charge in [-0.1, -0.05) is 12.1 Å². The van der Waals surface area contributed by atoms with E-state index in [-0.39, 0.29) is 6.29 Å². The van der Waals surface area contributed by atoms with Crippen LogP contribution in [0.5, 0.6) is 5.75 Å². The van der Waals surface area contributed by atoms with Crippen LogP contribution < -0.4 is 4.74 Å². The molecule has 0 atom stereocenters. The topological polar surface area (TPSA) is 51.5 Å². The number of nitriles is 1. The highest BCUT2D eigenvalue weighted by atomic mass is 16.9. The predicted octanol–water partition coefficient (Wildman–Crippen LogP) is 3.12. The maximum absolute atomic E-state index is 9.70. The van der Waals surface area contributed by atoms with Crippen LogP contribution in [0.1, 0.15) is 38.2 Å². The predicted molar refractivity (Wildman–Crippen MR) is 73.1 cm³/mol. The Hall–Kier alpha value is -1.57. The second-order valence-electron chi connectivity index (χ2n) is 5.64. The summed E-state index contributed by atoms with van der Waals surface area (Å²) in [6.07, 6.45) is 2.93. The highest BCUT2D eigenvalue weighted by molar-refractivity contribution is 5.38. The molecule has 0 N–H and O–H groups in total. The van der Waals surface area contributed by atoms with Crippen molar-refractivity contribution in [1.29, 1.82) is 5.26 Å². The molecule has 2 aliphatic rings. The second-order valence-corrected chi connectivity index (χ2v) is 5.64. The molecule has 1 aliphatic carbocycles. The normalized spacial score (nSPS) is 36.1. The lowest BCUT2D eigenvalue weighted by atomic mass is 9.68. The zero-order chi connectivity index (χ0) is 14.2. The van der Waals surface area contributed by atoms with Crippen LogP contribution in [-0.4, -0.2) is 19.2 Å². The minimum Gasteiger partial charge on any atom is -0.497 e. The minimum absolute atomic E-state index is 0.110. The summed E-state index contributed by atoms with van der Waals surface area (Å²) < 4.78 is 16.7. The largest absolute Gasteiger partial charge is 0.497 e. The number of ether oxygens (including phenoxy) is 3. The summed E-state index contributed by atoms with van der Waals surface area (Å²) in [6, 6.07) is 10.3. The maximum Gasteiger partial charge on any atom is 0.174 e. The molecule has 0 amide bonds. The molecule has 20 heavy (non-hydrogen) atoms. The molecular formula is C16H19NO3. The van der Waals surface area contributed by atoms with Gasteiger partial charge in [0, 0.05) is 12.8 Å². The number of rotatable bonds is 2. The van der Waals surface area contributed by atoms with Crippen molar-refractivity contribution in [1.82, 2.24) is 0 Å². The van der Waals surface area contributed by atoms with Crippen LogP contribution in [0, 0.1) is 11.3 Å². The van der Waals surface area contributed by atoms with E-state index in [0.29, 0.717) is 0 Å². The van der Waals surface area contributed by atoms with E-state index < -0.39 is 11.2 Å². The Bertz CT molecular complexity index is 533. The van der Waals surface area contributed by atoms with Crippen molar-refractivity contribution < 1.29 is 14.2 Å². The Morgan fingerprint density at radius 3 is 2.50 bits per heavy atom. The molecular weight excluding hydrogens is 254 g/mol. The van der Waals surface area contributed by atoms with Crippen molar-refractivity contribution >= 4 is 0 Å². The van der Waals surface area contributed by atoms with Crippen molar-refractivity contribution in [2.24, 2.45) is 0 Å². The summed E-state index contributed by atoms with van der Waals surface area (Å²) in [6.45, 7) is 1.90. The molecule has 1 aromatic carbocycles. The molecule has 106 valence electrons. The summed E-state index contributed by atoms with van der Waals surface area (Å²) in [5.74, 6) is 0.362. The van der Waals surface area contributed by atoms with Crippen LogP contribution in [0.25, 0.3) is 0 Å². The van der Waals surface area contributed by atoms with E-state index in [1.807, 2.05) is 31.2 Å². The van der Waals surface area contributed by atoms with Crippen LogP contribution in [0.15, 0.2) is 24.3 Å². The van der Waals surface area contributed by atoms with Crippen LogP contribution in [0.2, 0.25) is 0 Å². The van der Waals surface area contributed by atoms with Gasteiger partial charge in [-0.05, 0) is 37.5 Å². The van der Waals surface area contributed by atoms with Crippen molar-refractivity contribution in [3.8, 4) is 11.8 Å². The van der Waals surface area contributed by atoms with Crippen molar-refractivity contribution in [2.45, 2.75) is 50.1 Å². The highest BCUT2D eigenvalue weighted by Gasteiger charge is 2.51. The van der Waals surface area contributed by atoms with Gasteiger partial charge in [0.25, 0.3) is 0 Å². The van der Waals surface area contributed by atoms with Crippen LogP contribution in [-0.2, 0) is 14.9 Å². The Labute approximate surface area is 119 Å². The van der Waals surface area contributed by atoms with Crippen molar-refractivity contribution in [3.05, 3.63) is 29.8 Å². The summed E-state index contributed by atoms with van der Waals surface area (Å²) in [7, 11) is 1.64. The Morgan fingerprint density at radius 2 is 1.95 bits per heavy atom. The van der Waals surface area contributed by atoms with E-state index in [4.69, 9.17) is 14.2 Å². The first-order valence-corrected chi connectivity index (χ1v) is 7.03. The van der Waals surface area contributed by atoms with Gasteiger partial charge in [-0.2, -0.15) is 5.26 Å². The van der Waals surface area contributed by atoms with Gasteiger partial charge in [0.05, 0.1) is 18.6 Å². The molecule has 1 aromatic rings. The van der Waals surface area contributed by atoms with Crippen molar-refractivity contribution in [2.75, 3.05) is 7.11 Å². The summed E-state index contributed by atoms with van der Waals surface area (Å²) in [5, 5.41) is 9.70. The first-order chi connectivity index (χ1) is 9.61. The Morgan fingerprint density at radius 1 is 1.25 bits per heavy atom. The smallest absolute Gasteiger partial charge is 0.174 e. The standard InChI is InChI=1S/C16H19NO3/c1-12-19-16(20-12)8-6-15(11-17,7-9-16)13-4-3-5-14(10-13)18-2/h3-5,10,12H,6-9H2,1-2H3. The lowest BCUT2D eigenvalue weighted by molar-refractivity contribution is -0.454. The highest BCUT2D eigenvalue weighted by Crippen LogP contribution is 2.49. The molecule has 2 fully saturated rings. The quantitative estimate of drug-likeness (QED) is 0.830. The average molecular weight is 273 g/mol. The molecule has 4 heteroatoms. The monoisotopic (exact) mass is 273 g/mol. The number of nitrogens with zero attached hydrogens (tertiary/aromatic N) is 1. The number of hydrogen-bond acceptors (Lipinski definition) is 4. The SMILES string of the molecule is COc1cccc(C2(C#N)CCC3(CC2)OC(C)O3)c1. The van der Waals surface area contributed by atoms with Gasteiger partial charge < -0.3 is 14.2 Å². The van der Waals surface area contributed by atoms with E-state index in [2.05, 4.69) is 6.07 Å². The van der Waals surface area contributed by atoms with Gasteiger partial charge in [0.1, 0.15) is 5.75 Å². The lowest BCUT2D eigenvalue weighted by Crippen LogP contribution is -2.55. The molecule has 0 radical (unpaired) electrons. The molecule has 1 saturated heterocycles. The molecule has 0 aromatic heterocycles. The molecule has 1 heterocycles. The minimum atomic E-state index is -0.453. The average Bonchev–Trinajstić information content (AvgIpc) is 2.47. The fraction of sp³-hybridized carbons (Fsp3) is 0.562. The number of hydrogen-bond donors (Lipinski definition) is 0. The molecule has 4 nitrogen and oxygen atoms in total. The van der Waals surface area contributed by atoms with Gasteiger partial charge in [-0.3, -0.25) is 0 Å². The molecule has 1 saturated carbocycles. The summed E-state index contributed by atoms with van der Waals surface area (Å²) >= 11 is 0. The zero-order valence-electron chi connectivity index (χ0n) is 11.9. The summed E-state index contributed by atoms with van der Waals surface area (Å²) in [5.41, 5.74) is 0.576. The van der Waals surface area contributed by atoms with Crippen molar-refractivity contribution in [3.63, 3.8) is 0 Å². The van der Waals surface area contributed by atoms with Gasteiger partial charge in [0.15, 0.2) is 12.1 Å². The Kier molecular flexibility index (Phi) is 3.19. The molecule has 1 spiro atoms. The third-order valence-corrected chi connectivity index (χ3v) is 4.46. The fourth-order valence-corrected chi connectivity index (χ4v) is 3.29. The van der Waals surface area contributed by atoms with E-state index in [0.717, 1.165) is 37.0 Å². The number of benzene rings is 1. The van der Waals surface area contributed by atoms with E-state index in [9.17, 15) is 5.26 Å². The fourth-order valence-electron chi connectivity index (χ4n) is 3.29. The molecule has 0 unspecified atom stereocenters. The van der Waals surface area contributed by atoms with Gasteiger partial charge >= 0.3 is 0 Å². The third kappa shape index (κ3) is 2.07. The molecule has 0 bridgehead atoms. The maximum atomic E-state index is 9.70. The van der Waals surface area contributed by atoms with Crippen LogP contribution >= 0.6 is 0 Å². The lowest BCUT2D eigenvalue weighted by Gasteiger charge is -2.51. The van der Waals surface area contributed by atoms with Crippen LogP contribution in [0.4, 0.5) is 0 Å². The van der Waals surface area contributed by atoms with E-state index in [1.54, 1.807) is 7.11 Å². The molecule has 1 aliphatic heterocycles. The Balaban J connectivity index is 1.81. The van der Waals surface area contributed by atoms with Gasteiger partial charge in [-0.25, -0.2) is 0 Å². The van der Waals surface area contributed by atoms with E-state index >= 15 is 0 Å². The van der Waals surface area contributed by atoms with Gasteiger partial charge in [-0.15, -0.1) is 0 Å². The number of methoxy groups -OCH3 is 1. The zero-order valence-corrected chi connectivity index (χ0v) is 11.9. The van der Waals surface area contributed by atoms with Gasteiger partial charge in [0.2, 0.25) is 0 Å². The first-order valence-electron chi connectivity index (χ1n) is 7.03.